The van der Waals surface area contributed by atoms with Crippen molar-refractivity contribution < 1.29 is 22.7 Å². The number of likely N-dealkylation sites (tertiary alicyclic amines) is 1. The fourth-order valence-corrected chi connectivity index (χ4v) is 4.87. The van der Waals surface area contributed by atoms with E-state index in [0.717, 1.165) is 12.8 Å². The predicted molar refractivity (Wildman–Crippen MR) is 106 cm³/mol. The second-order valence-corrected chi connectivity index (χ2v) is 8.84. The van der Waals surface area contributed by atoms with Gasteiger partial charge < -0.3 is 15.0 Å². The number of hydrogen-bond donors (Lipinski definition) is 1. The molecule has 2 aromatic rings. The normalized spacial score (nSPS) is 15.0. The molecular formula is C20H23N3O5S. The summed E-state index contributed by atoms with van der Waals surface area (Å²) in [6.45, 7) is 0.851. The zero-order valence-electron chi connectivity index (χ0n) is 16.1. The van der Waals surface area contributed by atoms with Gasteiger partial charge >= 0.3 is 11.8 Å². The summed E-state index contributed by atoms with van der Waals surface area (Å²) in [5, 5.41) is 1.41. The van der Waals surface area contributed by atoms with Crippen LogP contribution in [0.1, 0.15) is 23.7 Å². The Morgan fingerprint density at radius 2 is 1.86 bits per heavy atom. The highest BCUT2D eigenvalue weighted by Crippen LogP contribution is 2.29. The third kappa shape index (κ3) is 4.73. The largest absolute Gasteiger partial charge is 0.497 e. The monoisotopic (exact) mass is 417 g/mol. The highest BCUT2D eigenvalue weighted by molar-refractivity contribution is 7.91. The lowest BCUT2D eigenvalue weighted by Crippen LogP contribution is -2.43. The van der Waals surface area contributed by atoms with E-state index in [2.05, 4.69) is 10.3 Å². The minimum atomic E-state index is -3.85. The van der Waals surface area contributed by atoms with Crippen LogP contribution in [0.25, 0.3) is 0 Å². The van der Waals surface area contributed by atoms with E-state index < -0.39 is 26.9 Å². The van der Waals surface area contributed by atoms with Crippen LogP contribution >= 0.6 is 0 Å². The number of nitrogens with zero attached hydrogens (tertiary/aromatic N) is 2. The molecule has 1 aliphatic heterocycles. The van der Waals surface area contributed by atoms with Crippen LogP contribution in [0.3, 0.4) is 0 Å². The highest BCUT2D eigenvalue weighted by atomic mass is 32.2. The number of carbonyl (C=O) groups is 2. The molecule has 0 unspecified atom stereocenters. The lowest BCUT2D eigenvalue weighted by molar-refractivity contribution is -0.145. The average Bonchev–Trinajstić information content (AvgIpc) is 3.28. The molecule has 0 spiro atoms. The van der Waals surface area contributed by atoms with E-state index in [4.69, 9.17) is 4.74 Å². The van der Waals surface area contributed by atoms with Crippen LogP contribution in [0.5, 0.6) is 5.75 Å². The first-order chi connectivity index (χ1) is 13.9. The molecular weight excluding hydrogens is 394 g/mol. The molecule has 1 saturated heterocycles. The molecule has 2 amide bonds. The standard InChI is InChI=1S/C20H23N3O5S/c1-28-16-6-8-17(9-7-16)29(26,27)18(15-5-4-10-21-13-15)14-22-19(24)20(25)23-11-2-3-12-23/h4-10,13,18H,2-3,11-12,14H2,1H3,(H,22,24)/t18-/m0/s1. The molecule has 0 bridgehead atoms. The SMILES string of the molecule is COc1ccc(S(=O)(=O)[C@@H](CNC(=O)C(=O)N2CCCC2)c2cccnc2)cc1. The van der Waals surface area contributed by atoms with Gasteiger partial charge in [0.15, 0.2) is 9.84 Å². The molecule has 2 heterocycles. The maximum Gasteiger partial charge on any atom is 0.311 e. The van der Waals surface area contributed by atoms with Crippen molar-refractivity contribution in [2.45, 2.75) is 23.0 Å². The number of aromatic nitrogens is 1. The molecule has 8 nitrogen and oxygen atoms in total. The van der Waals surface area contributed by atoms with Crippen molar-refractivity contribution in [1.82, 2.24) is 15.2 Å². The van der Waals surface area contributed by atoms with Gasteiger partial charge in [0.25, 0.3) is 0 Å². The van der Waals surface area contributed by atoms with Crippen molar-refractivity contribution in [3.8, 4) is 5.75 Å². The van der Waals surface area contributed by atoms with Crippen LogP contribution in [0.2, 0.25) is 0 Å². The molecule has 3 rings (SSSR count). The summed E-state index contributed by atoms with van der Waals surface area (Å²) in [6, 6.07) is 9.28. The Labute approximate surface area is 169 Å². The predicted octanol–water partition coefficient (Wildman–Crippen LogP) is 1.34. The van der Waals surface area contributed by atoms with Gasteiger partial charge in [-0.15, -0.1) is 0 Å². The van der Waals surface area contributed by atoms with E-state index >= 15 is 0 Å². The third-order valence-electron chi connectivity index (χ3n) is 4.85. The zero-order chi connectivity index (χ0) is 20.9. The minimum absolute atomic E-state index is 0.0901. The van der Waals surface area contributed by atoms with Crippen LogP contribution < -0.4 is 10.1 Å². The summed E-state index contributed by atoms with van der Waals surface area (Å²) >= 11 is 0. The topological polar surface area (TPSA) is 106 Å². The van der Waals surface area contributed by atoms with Gasteiger partial charge in [-0.1, -0.05) is 6.07 Å². The smallest absolute Gasteiger partial charge is 0.311 e. The number of carbonyl (C=O) groups excluding carboxylic acids is 2. The Bertz CT molecular complexity index is 955. The van der Waals surface area contributed by atoms with Crippen molar-refractivity contribution in [2.75, 3.05) is 26.7 Å². The van der Waals surface area contributed by atoms with Gasteiger partial charge in [-0.25, -0.2) is 8.42 Å². The zero-order valence-corrected chi connectivity index (χ0v) is 16.9. The third-order valence-corrected chi connectivity index (χ3v) is 6.97. The number of methoxy groups -OCH3 is 1. The van der Waals surface area contributed by atoms with E-state index in [1.807, 2.05) is 0 Å². The highest BCUT2D eigenvalue weighted by Gasteiger charge is 2.32. The Hall–Kier alpha value is -2.94. The van der Waals surface area contributed by atoms with Gasteiger partial charge in [0, 0.05) is 32.0 Å². The number of ether oxygens (including phenoxy) is 1. The average molecular weight is 417 g/mol. The quantitative estimate of drug-likeness (QED) is 0.711. The first kappa shape index (κ1) is 20.8. The molecule has 0 saturated carbocycles. The summed E-state index contributed by atoms with van der Waals surface area (Å²) in [5.41, 5.74) is 0.428. The van der Waals surface area contributed by atoms with Crippen molar-refractivity contribution in [3.63, 3.8) is 0 Å². The lowest BCUT2D eigenvalue weighted by atomic mass is 10.2. The molecule has 9 heteroatoms. The fraction of sp³-hybridized carbons (Fsp3) is 0.350. The Balaban J connectivity index is 1.82. The van der Waals surface area contributed by atoms with Crippen molar-refractivity contribution in [2.24, 2.45) is 0 Å². The van der Waals surface area contributed by atoms with Gasteiger partial charge in [-0.3, -0.25) is 14.6 Å². The fourth-order valence-electron chi connectivity index (χ4n) is 3.23. The molecule has 1 aromatic carbocycles. The summed E-state index contributed by atoms with van der Waals surface area (Å²) in [5.74, 6) is -0.897. The van der Waals surface area contributed by atoms with Crippen molar-refractivity contribution in [3.05, 3.63) is 54.4 Å². The van der Waals surface area contributed by atoms with E-state index in [1.165, 1.54) is 36.5 Å². The van der Waals surface area contributed by atoms with E-state index in [9.17, 15) is 18.0 Å². The summed E-state index contributed by atoms with van der Waals surface area (Å²) in [4.78, 5) is 30.1. The van der Waals surface area contributed by atoms with Crippen molar-refractivity contribution in [1.29, 1.82) is 0 Å². The van der Waals surface area contributed by atoms with Crippen molar-refractivity contribution >= 4 is 21.7 Å². The molecule has 1 aliphatic rings. The first-order valence-corrected chi connectivity index (χ1v) is 10.8. The Morgan fingerprint density at radius 1 is 1.17 bits per heavy atom. The number of rotatable bonds is 6. The molecule has 1 N–H and O–H groups in total. The molecule has 1 atom stereocenters. The molecule has 1 fully saturated rings. The van der Waals surface area contributed by atoms with Crippen LogP contribution in [-0.2, 0) is 19.4 Å². The van der Waals surface area contributed by atoms with Gasteiger partial charge in [0.05, 0.1) is 12.0 Å². The summed E-state index contributed by atoms with van der Waals surface area (Å²) in [7, 11) is -2.36. The van der Waals surface area contributed by atoms with E-state index in [1.54, 1.807) is 24.3 Å². The van der Waals surface area contributed by atoms with Gasteiger partial charge in [-0.2, -0.15) is 0 Å². The number of pyridine rings is 1. The molecule has 29 heavy (non-hydrogen) atoms. The van der Waals surface area contributed by atoms with Gasteiger partial charge in [0.1, 0.15) is 11.0 Å². The molecule has 0 radical (unpaired) electrons. The van der Waals surface area contributed by atoms with Crippen LogP contribution in [-0.4, -0.2) is 56.9 Å². The van der Waals surface area contributed by atoms with Gasteiger partial charge in [0.2, 0.25) is 0 Å². The van der Waals surface area contributed by atoms with Crippen LogP contribution in [0.15, 0.2) is 53.7 Å². The first-order valence-electron chi connectivity index (χ1n) is 9.28. The van der Waals surface area contributed by atoms with E-state index in [0.29, 0.717) is 24.4 Å². The molecule has 0 aliphatic carbocycles. The number of hydrogen-bond acceptors (Lipinski definition) is 6. The maximum absolute atomic E-state index is 13.3. The van der Waals surface area contributed by atoms with Crippen LogP contribution in [0.4, 0.5) is 0 Å². The Kier molecular flexibility index (Phi) is 6.48. The maximum atomic E-state index is 13.3. The number of benzene rings is 1. The summed E-state index contributed by atoms with van der Waals surface area (Å²) < 4.78 is 31.6. The second-order valence-electron chi connectivity index (χ2n) is 6.70. The Morgan fingerprint density at radius 3 is 2.45 bits per heavy atom. The summed E-state index contributed by atoms with van der Waals surface area (Å²) in [6.07, 6.45) is 4.71. The lowest BCUT2D eigenvalue weighted by Gasteiger charge is -2.20. The van der Waals surface area contributed by atoms with Crippen LogP contribution in [0, 0.1) is 0 Å². The second kappa shape index (κ2) is 9.04. The van der Waals surface area contributed by atoms with E-state index in [-0.39, 0.29) is 11.4 Å². The number of sulfone groups is 1. The number of nitrogens with one attached hydrogen (secondary N) is 1. The minimum Gasteiger partial charge on any atom is -0.497 e. The molecule has 154 valence electrons. The number of amides is 2. The molecule has 1 aromatic heterocycles. The van der Waals surface area contributed by atoms with Gasteiger partial charge in [-0.05, 0) is 48.7 Å².